The number of aliphatic hydroxyl groups excluding tert-OH is 4. The number of aromatic hydroxyl groups is 1. The molecule has 10 heteroatoms. The van der Waals surface area contributed by atoms with E-state index in [4.69, 9.17) is 16.3 Å². The number of phenols is 1. The molecule has 0 aliphatic carbocycles. The zero-order valence-corrected chi connectivity index (χ0v) is 17.9. The number of aryl methyl sites for hydroxylation is 1. The van der Waals surface area contributed by atoms with Gasteiger partial charge >= 0.3 is 0 Å². The molecule has 31 heavy (non-hydrogen) atoms. The lowest BCUT2D eigenvalue weighted by Crippen LogP contribution is -2.56. The second-order valence-corrected chi connectivity index (χ2v) is 8.97. The molecule has 0 radical (unpaired) electrons. The molecule has 1 fully saturated rings. The zero-order chi connectivity index (χ0) is 22.4. The fourth-order valence-electron chi connectivity index (χ4n) is 3.80. The van der Waals surface area contributed by atoms with Crippen LogP contribution in [0.1, 0.15) is 11.8 Å². The van der Waals surface area contributed by atoms with Crippen molar-refractivity contribution in [3.05, 3.63) is 52.9 Å². The van der Waals surface area contributed by atoms with Gasteiger partial charge in [-0.3, -0.25) is 0 Å². The molecule has 1 aromatic heterocycles. The van der Waals surface area contributed by atoms with Crippen LogP contribution in [0.4, 0.5) is 4.39 Å². The molecule has 1 saturated heterocycles. The molecule has 5 N–H and O–H groups in total. The monoisotopic (exact) mass is 469 g/mol. The molecule has 2 aromatic carbocycles. The average molecular weight is 470 g/mol. The van der Waals surface area contributed by atoms with E-state index in [2.05, 4.69) is 0 Å². The van der Waals surface area contributed by atoms with Crippen LogP contribution in [0.2, 0.25) is 5.02 Å². The zero-order valence-electron chi connectivity index (χ0n) is 16.3. The molecule has 7 nitrogen and oxygen atoms in total. The van der Waals surface area contributed by atoms with Crippen LogP contribution in [0.25, 0.3) is 10.9 Å². The van der Waals surface area contributed by atoms with E-state index in [-0.39, 0.29) is 10.6 Å². The van der Waals surface area contributed by atoms with Crippen LogP contribution in [0.5, 0.6) is 5.75 Å². The van der Waals surface area contributed by atoms with Gasteiger partial charge in [0.25, 0.3) is 0 Å². The van der Waals surface area contributed by atoms with Gasteiger partial charge in [-0.05, 0) is 36.8 Å². The number of fused-ring (bicyclic) bond motifs is 1. The molecule has 0 bridgehead atoms. The van der Waals surface area contributed by atoms with Crippen molar-refractivity contribution in [3.63, 3.8) is 0 Å². The molecule has 4 rings (SSSR count). The molecular formula is C21H21ClFNO6S. The van der Waals surface area contributed by atoms with E-state index in [1.54, 1.807) is 22.9 Å². The highest BCUT2D eigenvalue weighted by Gasteiger charge is 2.44. The van der Waals surface area contributed by atoms with Crippen molar-refractivity contribution in [3.8, 4) is 5.75 Å². The second-order valence-electron chi connectivity index (χ2n) is 7.45. The van der Waals surface area contributed by atoms with Crippen LogP contribution in [0.15, 0.2) is 46.3 Å². The first-order chi connectivity index (χ1) is 14.7. The maximum absolute atomic E-state index is 14.4. The van der Waals surface area contributed by atoms with Crippen LogP contribution in [0.3, 0.4) is 0 Å². The summed E-state index contributed by atoms with van der Waals surface area (Å²) in [5.41, 5.74) is 1.36. The Morgan fingerprint density at radius 2 is 1.84 bits per heavy atom. The Bertz CT molecular complexity index is 1120. The Hall–Kier alpha value is -1.85. The van der Waals surface area contributed by atoms with Gasteiger partial charge in [0.2, 0.25) is 0 Å². The van der Waals surface area contributed by atoms with Crippen LogP contribution in [0, 0.1) is 12.7 Å². The number of rotatable bonds is 4. The summed E-state index contributed by atoms with van der Waals surface area (Å²) in [5.74, 6) is -0.779. The molecule has 0 unspecified atom stereocenters. The standard InChI is InChI=1S/C21H21ClFNO6S/c1-9-4-10(22)5-13-17(9)16(31-15-3-2-11(26)6-12(15)23)7-24(13)21-20(29)19(28)18(27)14(8-25)30-21/h2-7,14,18-21,25-29H,8H2,1H3/t14-,18-,19+,20-,21-/m1/s1. The predicted molar refractivity (Wildman–Crippen MR) is 113 cm³/mol. The van der Waals surface area contributed by atoms with Crippen molar-refractivity contribution in [2.45, 2.75) is 47.4 Å². The van der Waals surface area contributed by atoms with E-state index in [1.165, 1.54) is 12.1 Å². The Morgan fingerprint density at radius 3 is 2.52 bits per heavy atom. The van der Waals surface area contributed by atoms with Gasteiger partial charge in [-0.25, -0.2) is 4.39 Å². The summed E-state index contributed by atoms with van der Waals surface area (Å²) in [7, 11) is 0. The van der Waals surface area contributed by atoms with E-state index in [1.807, 2.05) is 6.92 Å². The maximum atomic E-state index is 14.4. The number of aliphatic hydroxyl groups is 4. The first-order valence-electron chi connectivity index (χ1n) is 9.49. The van der Waals surface area contributed by atoms with Gasteiger partial charge in [0.15, 0.2) is 6.23 Å². The number of phenolic OH excluding ortho intramolecular Hbond substituents is 1. The van der Waals surface area contributed by atoms with Gasteiger partial charge in [0.1, 0.15) is 36.0 Å². The molecular weight excluding hydrogens is 449 g/mol. The van der Waals surface area contributed by atoms with Gasteiger partial charge in [-0.15, -0.1) is 0 Å². The van der Waals surface area contributed by atoms with Crippen molar-refractivity contribution in [2.24, 2.45) is 0 Å². The smallest absolute Gasteiger partial charge is 0.163 e. The van der Waals surface area contributed by atoms with E-state index >= 15 is 0 Å². The Labute approximate surface area is 186 Å². The molecule has 3 aromatic rings. The Kier molecular flexibility index (Phi) is 6.19. The molecule has 5 atom stereocenters. The maximum Gasteiger partial charge on any atom is 0.163 e. The molecule has 0 spiro atoms. The highest BCUT2D eigenvalue weighted by Crippen LogP contribution is 2.42. The molecule has 0 saturated carbocycles. The van der Waals surface area contributed by atoms with Crippen molar-refractivity contribution in [1.82, 2.24) is 4.57 Å². The molecule has 1 aliphatic rings. The number of hydrogen-bond acceptors (Lipinski definition) is 7. The second kappa shape index (κ2) is 8.59. The number of hydrogen-bond donors (Lipinski definition) is 5. The number of ether oxygens (including phenoxy) is 1. The minimum absolute atomic E-state index is 0.187. The first-order valence-corrected chi connectivity index (χ1v) is 10.7. The van der Waals surface area contributed by atoms with Gasteiger partial charge in [0, 0.05) is 32.5 Å². The summed E-state index contributed by atoms with van der Waals surface area (Å²) in [6.07, 6.45) is -5.09. The topological polar surface area (TPSA) is 115 Å². The number of nitrogens with zero attached hydrogens (tertiary/aromatic N) is 1. The molecule has 2 heterocycles. The van der Waals surface area contributed by atoms with Gasteiger partial charge < -0.3 is 34.8 Å². The molecule has 1 aliphatic heterocycles. The van der Waals surface area contributed by atoms with E-state index in [9.17, 15) is 29.9 Å². The van der Waals surface area contributed by atoms with Crippen molar-refractivity contribution in [1.29, 1.82) is 0 Å². The first kappa shape index (κ1) is 22.3. The molecule has 0 amide bonds. The lowest BCUT2D eigenvalue weighted by Gasteiger charge is -2.40. The van der Waals surface area contributed by atoms with Crippen LogP contribution >= 0.6 is 23.4 Å². The van der Waals surface area contributed by atoms with Gasteiger partial charge in [-0.1, -0.05) is 23.4 Å². The SMILES string of the molecule is Cc1cc(Cl)cc2c1c(Sc1ccc(O)cc1F)cn2[C@@H]1O[C@H](CO)[C@@H](O)[C@H](O)[C@H]1O. The van der Waals surface area contributed by atoms with Crippen molar-refractivity contribution in [2.75, 3.05) is 6.61 Å². The third-order valence-corrected chi connectivity index (χ3v) is 6.64. The summed E-state index contributed by atoms with van der Waals surface area (Å²) in [5, 5.41) is 51.0. The largest absolute Gasteiger partial charge is 0.508 e. The highest BCUT2D eigenvalue weighted by molar-refractivity contribution is 7.99. The van der Waals surface area contributed by atoms with Crippen LogP contribution in [-0.4, -0.2) is 61.1 Å². The van der Waals surface area contributed by atoms with Gasteiger partial charge in [-0.2, -0.15) is 0 Å². The van der Waals surface area contributed by atoms with Crippen molar-refractivity contribution >= 4 is 34.3 Å². The summed E-state index contributed by atoms with van der Waals surface area (Å²) in [6, 6.07) is 7.26. The summed E-state index contributed by atoms with van der Waals surface area (Å²) >= 11 is 7.37. The third kappa shape index (κ3) is 4.03. The lowest BCUT2D eigenvalue weighted by atomic mass is 9.98. The van der Waals surface area contributed by atoms with E-state index in [0.29, 0.717) is 15.4 Å². The van der Waals surface area contributed by atoms with Gasteiger partial charge in [0.05, 0.1) is 12.1 Å². The normalized spacial score (nSPS) is 26.5. The summed E-state index contributed by atoms with van der Waals surface area (Å²) < 4.78 is 21.6. The fraction of sp³-hybridized carbons (Fsp3) is 0.333. The average Bonchev–Trinajstić information content (AvgIpc) is 3.07. The highest BCUT2D eigenvalue weighted by atomic mass is 35.5. The molecule has 166 valence electrons. The Balaban J connectivity index is 1.84. The lowest BCUT2D eigenvalue weighted by molar-refractivity contribution is -0.250. The number of aromatic nitrogens is 1. The minimum Gasteiger partial charge on any atom is -0.508 e. The van der Waals surface area contributed by atoms with Crippen LogP contribution in [-0.2, 0) is 4.74 Å². The number of benzene rings is 2. The summed E-state index contributed by atoms with van der Waals surface area (Å²) in [6.45, 7) is 1.28. The minimum atomic E-state index is -1.54. The summed E-state index contributed by atoms with van der Waals surface area (Å²) in [4.78, 5) is 0.908. The van der Waals surface area contributed by atoms with Crippen molar-refractivity contribution < 1.29 is 34.7 Å². The van der Waals surface area contributed by atoms with E-state index in [0.717, 1.165) is 28.8 Å². The predicted octanol–water partition coefficient (Wildman–Crippen LogP) is 2.57. The van der Waals surface area contributed by atoms with Crippen LogP contribution < -0.4 is 0 Å². The quantitative estimate of drug-likeness (QED) is 0.399. The fourth-order valence-corrected chi connectivity index (χ4v) is 5.13. The Morgan fingerprint density at radius 1 is 1.10 bits per heavy atom. The van der Waals surface area contributed by atoms with E-state index < -0.39 is 43.1 Å². The third-order valence-electron chi connectivity index (χ3n) is 5.34. The number of halogens is 2.